The summed E-state index contributed by atoms with van der Waals surface area (Å²) in [5.74, 6) is 0. The smallest absolute Gasteiger partial charge is 0.0423 e. The second-order valence-corrected chi connectivity index (χ2v) is 6.68. The van der Waals surface area contributed by atoms with Crippen LogP contribution in [0.3, 0.4) is 0 Å². The molecule has 0 unspecified atom stereocenters. The van der Waals surface area contributed by atoms with Crippen molar-refractivity contribution in [2.75, 3.05) is 5.32 Å². The van der Waals surface area contributed by atoms with Crippen molar-refractivity contribution in [3.05, 3.63) is 52.4 Å². The van der Waals surface area contributed by atoms with Gasteiger partial charge in [0.05, 0.1) is 0 Å². The van der Waals surface area contributed by atoms with Crippen molar-refractivity contribution in [1.82, 2.24) is 0 Å². The van der Waals surface area contributed by atoms with Gasteiger partial charge in [0.2, 0.25) is 0 Å². The molecule has 2 aliphatic rings. The normalized spacial score (nSPS) is 17.6. The number of hydrogen-bond donors (Lipinski definition) is 1. The monoisotopic (exact) mass is 261 g/mol. The van der Waals surface area contributed by atoms with Crippen LogP contribution in [0.15, 0.2) is 36.4 Å². The molecule has 2 aromatic rings. The Morgan fingerprint density at radius 3 is 2.70 bits per heavy atom. The van der Waals surface area contributed by atoms with Crippen LogP contribution in [-0.2, 0) is 0 Å². The van der Waals surface area contributed by atoms with Gasteiger partial charge >= 0.3 is 0 Å². The van der Waals surface area contributed by atoms with Crippen molar-refractivity contribution in [1.29, 1.82) is 0 Å². The average molecular weight is 261 g/mol. The van der Waals surface area contributed by atoms with Crippen molar-refractivity contribution < 1.29 is 0 Å². The second kappa shape index (κ2) is 3.76. The average Bonchev–Trinajstić information content (AvgIpc) is 2.72. The van der Waals surface area contributed by atoms with Gasteiger partial charge in [-0.05, 0) is 72.5 Å². The summed E-state index contributed by atoms with van der Waals surface area (Å²) in [4.78, 5) is 0. The molecule has 0 radical (unpaired) electrons. The summed E-state index contributed by atoms with van der Waals surface area (Å²) in [6.45, 7) is 6.80. The summed E-state index contributed by atoms with van der Waals surface area (Å²) in [5.41, 5.74) is 6.99. The van der Waals surface area contributed by atoms with Crippen LogP contribution in [0, 0.1) is 0 Å². The molecule has 0 saturated carbocycles. The molecule has 4 rings (SSSR count). The Morgan fingerprint density at radius 2 is 1.85 bits per heavy atom. The molecule has 1 nitrogen and oxygen atoms in total. The lowest BCUT2D eigenvalue weighted by atomic mass is 9.89. The van der Waals surface area contributed by atoms with E-state index in [1.165, 1.54) is 38.4 Å². The Kier molecular flexibility index (Phi) is 2.21. The van der Waals surface area contributed by atoms with E-state index in [1.807, 2.05) is 0 Å². The van der Waals surface area contributed by atoms with Crippen molar-refractivity contribution in [3.63, 3.8) is 0 Å². The summed E-state index contributed by atoms with van der Waals surface area (Å²) in [7, 11) is 0. The molecule has 0 fully saturated rings. The minimum Gasteiger partial charge on any atom is -0.379 e. The van der Waals surface area contributed by atoms with Crippen LogP contribution in [0.5, 0.6) is 0 Å². The topological polar surface area (TPSA) is 12.0 Å². The predicted molar refractivity (Wildman–Crippen MR) is 86.1 cm³/mol. The van der Waals surface area contributed by atoms with E-state index >= 15 is 0 Å². The SMILES string of the molecule is CC1=c2cc3c(cc2NC(C)(C)C1)=Cc1ccccc1-3. The molecule has 1 N–H and O–H groups in total. The second-order valence-electron chi connectivity index (χ2n) is 6.68. The molecule has 0 saturated heterocycles. The molecule has 1 heterocycles. The number of rotatable bonds is 0. The largest absolute Gasteiger partial charge is 0.379 e. The van der Waals surface area contributed by atoms with E-state index in [-0.39, 0.29) is 5.54 Å². The minimum absolute atomic E-state index is 0.150. The van der Waals surface area contributed by atoms with Gasteiger partial charge in [0.25, 0.3) is 0 Å². The van der Waals surface area contributed by atoms with Crippen LogP contribution in [-0.4, -0.2) is 5.54 Å². The molecule has 1 aliphatic carbocycles. The third-order valence-corrected chi connectivity index (χ3v) is 4.39. The van der Waals surface area contributed by atoms with Gasteiger partial charge in [0.1, 0.15) is 0 Å². The maximum Gasteiger partial charge on any atom is 0.0423 e. The van der Waals surface area contributed by atoms with Gasteiger partial charge in [-0.1, -0.05) is 29.8 Å². The highest BCUT2D eigenvalue weighted by Gasteiger charge is 2.24. The molecule has 100 valence electrons. The first-order chi connectivity index (χ1) is 9.53. The van der Waals surface area contributed by atoms with Gasteiger partial charge < -0.3 is 5.32 Å². The van der Waals surface area contributed by atoms with Crippen molar-refractivity contribution in [2.45, 2.75) is 32.7 Å². The Bertz CT molecular complexity index is 841. The summed E-state index contributed by atoms with van der Waals surface area (Å²) >= 11 is 0. The molecule has 0 amide bonds. The maximum atomic E-state index is 3.68. The fourth-order valence-electron chi connectivity index (χ4n) is 3.63. The summed E-state index contributed by atoms with van der Waals surface area (Å²) in [6.07, 6.45) is 3.40. The Hall–Kier alpha value is -2.02. The third-order valence-electron chi connectivity index (χ3n) is 4.39. The third kappa shape index (κ3) is 1.62. The molecule has 0 spiro atoms. The van der Waals surface area contributed by atoms with E-state index in [4.69, 9.17) is 0 Å². The fraction of sp³-hybridized carbons (Fsp3) is 0.263. The van der Waals surface area contributed by atoms with Crippen LogP contribution in [0.4, 0.5) is 5.69 Å². The molecule has 1 aliphatic heterocycles. The van der Waals surface area contributed by atoms with Gasteiger partial charge in [0, 0.05) is 11.2 Å². The van der Waals surface area contributed by atoms with E-state index < -0.39 is 0 Å². The fourth-order valence-corrected chi connectivity index (χ4v) is 3.63. The van der Waals surface area contributed by atoms with Crippen molar-refractivity contribution in [3.8, 4) is 11.1 Å². The minimum atomic E-state index is 0.150. The van der Waals surface area contributed by atoms with Gasteiger partial charge in [-0.2, -0.15) is 0 Å². The molecule has 0 bridgehead atoms. The van der Waals surface area contributed by atoms with Crippen LogP contribution in [0.2, 0.25) is 0 Å². The van der Waals surface area contributed by atoms with Crippen LogP contribution < -0.4 is 15.8 Å². The molecule has 0 atom stereocenters. The molecular weight excluding hydrogens is 242 g/mol. The Balaban J connectivity index is 2.03. The first-order valence-electron chi connectivity index (χ1n) is 7.27. The van der Waals surface area contributed by atoms with E-state index in [1.54, 1.807) is 0 Å². The zero-order chi connectivity index (χ0) is 13.9. The zero-order valence-electron chi connectivity index (χ0n) is 12.2. The van der Waals surface area contributed by atoms with Crippen LogP contribution in [0.1, 0.15) is 32.8 Å². The number of anilines is 1. The highest BCUT2D eigenvalue weighted by atomic mass is 15.0. The van der Waals surface area contributed by atoms with Gasteiger partial charge in [0.15, 0.2) is 0 Å². The standard InChI is InChI=1S/C19H19N/c1-12-11-19(2,3)20-18-9-14-8-13-6-4-5-7-15(13)17(14)10-16(12)18/h4-10,20H,11H2,1-3H3. The molecule has 1 heteroatoms. The van der Waals surface area contributed by atoms with Crippen LogP contribution in [0.25, 0.3) is 22.8 Å². The summed E-state index contributed by atoms with van der Waals surface area (Å²) in [5, 5.41) is 6.40. The van der Waals surface area contributed by atoms with Gasteiger partial charge in [-0.25, -0.2) is 0 Å². The first-order valence-corrected chi connectivity index (χ1v) is 7.27. The summed E-state index contributed by atoms with van der Waals surface area (Å²) < 4.78 is 0. The van der Waals surface area contributed by atoms with E-state index in [2.05, 4.69) is 68.6 Å². The number of hydrogen-bond acceptors (Lipinski definition) is 1. The Morgan fingerprint density at radius 1 is 1.05 bits per heavy atom. The molecule has 2 aromatic carbocycles. The number of fused-ring (bicyclic) bond motifs is 4. The molecule has 20 heavy (non-hydrogen) atoms. The quantitative estimate of drug-likeness (QED) is 0.655. The summed E-state index contributed by atoms with van der Waals surface area (Å²) in [6, 6.07) is 13.3. The lowest BCUT2D eigenvalue weighted by Crippen LogP contribution is -2.39. The van der Waals surface area contributed by atoms with Crippen molar-refractivity contribution in [2.24, 2.45) is 0 Å². The van der Waals surface area contributed by atoms with E-state index in [0.717, 1.165) is 6.42 Å². The van der Waals surface area contributed by atoms with Crippen LogP contribution >= 0.6 is 0 Å². The highest BCUT2D eigenvalue weighted by Crippen LogP contribution is 2.29. The van der Waals surface area contributed by atoms with E-state index in [0.29, 0.717) is 0 Å². The van der Waals surface area contributed by atoms with Gasteiger partial charge in [-0.3, -0.25) is 0 Å². The maximum absolute atomic E-state index is 3.68. The zero-order valence-corrected chi connectivity index (χ0v) is 12.2. The van der Waals surface area contributed by atoms with E-state index in [9.17, 15) is 0 Å². The van der Waals surface area contributed by atoms with Crippen molar-refractivity contribution >= 4 is 17.3 Å². The lowest BCUT2D eigenvalue weighted by molar-refractivity contribution is 0.573. The Labute approximate surface area is 119 Å². The number of benzene rings is 2. The highest BCUT2D eigenvalue weighted by molar-refractivity contribution is 5.84. The van der Waals surface area contributed by atoms with Gasteiger partial charge in [-0.15, -0.1) is 0 Å². The lowest BCUT2D eigenvalue weighted by Gasteiger charge is -2.32. The first kappa shape index (κ1) is 11.8. The predicted octanol–water partition coefficient (Wildman–Crippen LogP) is 3.26. The number of nitrogens with one attached hydrogen (secondary N) is 1. The molecule has 0 aromatic heterocycles. The molecular formula is C19H19N.